The minimum atomic E-state index is 0.682. The summed E-state index contributed by atoms with van der Waals surface area (Å²) in [5.41, 5.74) is 0. The van der Waals surface area contributed by atoms with Gasteiger partial charge in [0.25, 0.3) is 0 Å². The first kappa shape index (κ1) is 11.9. The molecule has 0 radical (unpaired) electrons. The molecule has 0 amide bonds. The normalized spacial score (nSPS) is 13.2. The second kappa shape index (κ2) is 8.97. The molecule has 1 N–H and O–H groups in total. The molecule has 0 saturated carbocycles. The van der Waals surface area contributed by atoms with E-state index in [2.05, 4.69) is 12.2 Å². The topological polar surface area (TPSA) is 30.5 Å². The average molecular weight is 175 g/mol. The van der Waals surface area contributed by atoms with Crippen LogP contribution in [0.25, 0.3) is 0 Å². The van der Waals surface area contributed by atoms with E-state index >= 15 is 0 Å². The van der Waals surface area contributed by atoms with Crippen LogP contribution in [0.5, 0.6) is 0 Å². The molecular formula is C9H21NO2. The Balaban J connectivity index is 3.02. The monoisotopic (exact) mass is 175 g/mol. The Morgan fingerprint density at radius 2 is 1.83 bits per heavy atom. The number of methoxy groups -OCH3 is 2. The number of nitrogens with one attached hydrogen (secondary N) is 1. The van der Waals surface area contributed by atoms with Crippen LogP contribution in [0.1, 0.15) is 13.3 Å². The third-order valence-corrected chi connectivity index (χ3v) is 1.79. The minimum absolute atomic E-state index is 0.682. The highest BCUT2D eigenvalue weighted by atomic mass is 16.5. The van der Waals surface area contributed by atoms with E-state index in [4.69, 9.17) is 9.47 Å². The van der Waals surface area contributed by atoms with Gasteiger partial charge in [-0.3, -0.25) is 0 Å². The van der Waals surface area contributed by atoms with Gasteiger partial charge in [0.15, 0.2) is 0 Å². The minimum Gasteiger partial charge on any atom is -0.385 e. The smallest absolute Gasteiger partial charge is 0.0587 e. The van der Waals surface area contributed by atoms with Crippen LogP contribution in [0.4, 0.5) is 0 Å². The maximum atomic E-state index is 4.99. The molecule has 1 atom stereocenters. The number of hydrogen-bond acceptors (Lipinski definition) is 3. The van der Waals surface area contributed by atoms with E-state index in [0.717, 1.165) is 32.7 Å². The molecular weight excluding hydrogens is 154 g/mol. The van der Waals surface area contributed by atoms with Crippen LogP contribution < -0.4 is 5.32 Å². The van der Waals surface area contributed by atoms with Crippen LogP contribution in [0.15, 0.2) is 0 Å². The molecule has 0 aliphatic rings. The summed E-state index contributed by atoms with van der Waals surface area (Å²) in [6.45, 7) is 5.85. The van der Waals surface area contributed by atoms with Gasteiger partial charge in [0.05, 0.1) is 6.61 Å². The molecule has 3 heteroatoms. The summed E-state index contributed by atoms with van der Waals surface area (Å²) in [6.07, 6.45) is 1.12. The van der Waals surface area contributed by atoms with Crippen LogP contribution in [-0.4, -0.2) is 40.5 Å². The molecule has 0 aliphatic heterocycles. The lowest BCUT2D eigenvalue weighted by atomic mass is 10.1. The van der Waals surface area contributed by atoms with Gasteiger partial charge < -0.3 is 14.8 Å². The molecule has 0 heterocycles. The lowest BCUT2D eigenvalue weighted by Gasteiger charge is -2.11. The molecule has 0 spiro atoms. The molecule has 74 valence electrons. The van der Waals surface area contributed by atoms with Gasteiger partial charge in [-0.15, -0.1) is 0 Å². The third-order valence-electron chi connectivity index (χ3n) is 1.79. The van der Waals surface area contributed by atoms with E-state index in [9.17, 15) is 0 Å². The molecule has 12 heavy (non-hydrogen) atoms. The predicted molar refractivity (Wildman–Crippen MR) is 50.4 cm³/mol. The van der Waals surface area contributed by atoms with E-state index < -0.39 is 0 Å². The summed E-state index contributed by atoms with van der Waals surface area (Å²) in [5.74, 6) is 0.682. The number of rotatable bonds is 8. The lowest BCUT2D eigenvalue weighted by molar-refractivity contribution is 0.176. The average Bonchev–Trinajstić information content (AvgIpc) is 2.09. The van der Waals surface area contributed by atoms with Gasteiger partial charge in [-0.05, 0) is 18.9 Å². The van der Waals surface area contributed by atoms with Crippen molar-refractivity contribution in [1.29, 1.82) is 0 Å². The third kappa shape index (κ3) is 7.98. The van der Waals surface area contributed by atoms with E-state index in [-0.39, 0.29) is 0 Å². The van der Waals surface area contributed by atoms with Gasteiger partial charge >= 0.3 is 0 Å². The molecule has 0 aromatic heterocycles. The molecule has 1 unspecified atom stereocenters. The fraction of sp³-hybridized carbons (Fsp3) is 1.00. The largest absolute Gasteiger partial charge is 0.385 e. The van der Waals surface area contributed by atoms with Crippen LogP contribution in [0.3, 0.4) is 0 Å². The molecule has 3 nitrogen and oxygen atoms in total. The van der Waals surface area contributed by atoms with Crippen molar-refractivity contribution in [2.75, 3.05) is 40.5 Å². The second-order valence-corrected chi connectivity index (χ2v) is 3.08. The quantitative estimate of drug-likeness (QED) is 0.556. The number of ether oxygens (including phenoxy) is 2. The van der Waals surface area contributed by atoms with Crippen LogP contribution >= 0.6 is 0 Å². The van der Waals surface area contributed by atoms with Crippen molar-refractivity contribution >= 4 is 0 Å². The molecule has 0 aromatic carbocycles. The Bertz CT molecular complexity index is 88.6. The van der Waals surface area contributed by atoms with Crippen LogP contribution in [-0.2, 0) is 9.47 Å². The van der Waals surface area contributed by atoms with Crippen molar-refractivity contribution in [2.45, 2.75) is 13.3 Å². The van der Waals surface area contributed by atoms with Crippen molar-refractivity contribution in [3.05, 3.63) is 0 Å². The highest BCUT2D eigenvalue weighted by molar-refractivity contribution is 4.56. The molecule has 0 aromatic rings. The van der Waals surface area contributed by atoms with Gasteiger partial charge in [-0.25, -0.2) is 0 Å². The Morgan fingerprint density at radius 3 is 2.42 bits per heavy atom. The fourth-order valence-corrected chi connectivity index (χ4v) is 0.944. The zero-order valence-corrected chi connectivity index (χ0v) is 8.43. The van der Waals surface area contributed by atoms with Crippen molar-refractivity contribution in [2.24, 2.45) is 5.92 Å². The lowest BCUT2D eigenvalue weighted by Crippen LogP contribution is -2.25. The summed E-state index contributed by atoms with van der Waals surface area (Å²) in [7, 11) is 3.46. The van der Waals surface area contributed by atoms with Gasteiger partial charge in [0.1, 0.15) is 0 Å². The van der Waals surface area contributed by atoms with Gasteiger partial charge in [-0.2, -0.15) is 0 Å². The first-order chi connectivity index (χ1) is 5.81. The van der Waals surface area contributed by atoms with Crippen LogP contribution in [0, 0.1) is 5.92 Å². The molecule has 0 fully saturated rings. The van der Waals surface area contributed by atoms with Crippen molar-refractivity contribution in [3.63, 3.8) is 0 Å². The van der Waals surface area contributed by atoms with Crippen molar-refractivity contribution in [1.82, 2.24) is 5.32 Å². The predicted octanol–water partition coefficient (Wildman–Crippen LogP) is 0.895. The molecule has 0 rings (SSSR count). The highest BCUT2D eigenvalue weighted by Gasteiger charge is 1.99. The van der Waals surface area contributed by atoms with Gasteiger partial charge in [0, 0.05) is 27.4 Å². The second-order valence-electron chi connectivity index (χ2n) is 3.08. The first-order valence-corrected chi connectivity index (χ1v) is 4.49. The van der Waals surface area contributed by atoms with Crippen molar-refractivity contribution < 1.29 is 9.47 Å². The zero-order valence-electron chi connectivity index (χ0n) is 8.43. The standard InChI is InChI=1S/C9H21NO2/c1-9(4-6-11-2)8-10-5-7-12-3/h9-10H,4-8H2,1-3H3. The summed E-state index contributed by atoms with van der Waals surface area (Å²) in [5, 5.41) is 3.31. The Hall–Kier alpha value is -0.120. The maximum absolute atomic E-state index is 4.99. The van der Waals surface area contributed by atoms with E-state index in [1.165, 1.54) is 0 Å². The number of hydrogen-bond donors (Lipinski definition) is 1. The summed E-state index contributed by atoms with van der Waals surface area (Å²) >= 11 is 0. The Kier molecular flexibility index (Phi) is 8.88. The maximum Gasteiger partial charge on any atom is 0.0587 e. The SMILES string of the molecule is COCCNCC(C)CCOC. The van der Waals surface area contributed by atoms with E-state index in [0.29, 0.717) is 5.92 Å². The Labute approximate surface area is 75.4 Å². The molecule has 0 bridgehead atoms. The first-order valence-electron chi connectivity index (χ1n) is 4.49. The van der Waals surface area contributed by atoms with Gasteiger partial charge in [0.2, 0.25) is 0 Å². The van der Waals surface area contributed by atoms with Crippen molar-refractivity contribution in [3.8, 4) is 0 Å². The van der Waals surface area contributed by atoms with Crippen LogP contribution in [0.2, 0.25) is 0 Å². The Morgan fingerprint density at radius 1 is 1.17 bits per heavy atom. The molecule has 0 saturated heterocycles. The van der Waals surface area contributed by atoms with Gasteiger partial charge in [-0.1, -0.05) is 6.92 Å². The van der Waals surface area contributed by atoms with E-state index in [1.54, 1.807) is 14.2 Å². The van der Waals surface area contributed by atoms with E-state index in [1.807, 2.05) is 0 Å². The summed E-state index contributed by atoms with van der Waals surface area (Å²) in [4.78, 5) is 0. The fourth-order valence-electron chi connectivity index (χ4n) is 0.944. The summed E-state index contributed by atoms with van der Waals surface area (Å²) < 4.78 is 9.91. The zero-order chi connectivity index (χ0) is 9.23. The summed E-state index contributed by atoms with van der Waals surface area (Å²) in [6, 6.07) is 0. The highest BCUT2D eigenvalue weighted by Crippen LogP contribution is 1.98. The molecule has 0 aliphatic carbocycles.